The summed E-state index contributed by atoms with van der Waals surface area (Å²) in [6.07, 6.45) is 4.23. The van der Waals surface area contributed by atoms with Gasteiger partial charge in [-0.3, -0.25) is 9.78 Å². The van der Waals surface area contributed by atoms with Crippen LogP contribution in [0.25, 0.3) is 11.3 Å². The Morgan fingerprint density at radius 2 is 1.78 bits per heavy atom. The number of pyridine rings is 1. The van der Waals surface area contributed by atoms with Crippen LogP contribution in [-0.2, 0) is 14.6 Å². The van der Waals surface area contributed by atoms with Crippen LogP contribution in [0.4, 0.5) is 5.69 Å². The molecule has 0 atom stereocenters. The Labute approximate surface area is 193 Å². The van der Waals surface area contributed by atoms with Crippen LogP contribution in [0.15, 0.2) is 71.8 Å². The Kier molecular flexibility index (Phi) is 8.39. The van der Waals surface area contributed by atoms with Gasteiger partial charge in [0.2, 0.25) is 0 Å². The van der Waals surface area contributed by atoms with Crippen LogP contribution in [0.5, 0.6) is 0 Å². The molecular formula is C24H25ClN2O4S. The number of hydrogen-bond acceptors (Lipinski definition) is 5. The molecule has 0 unspecified atom stereocenters. The minimum Gasteiger partial charge on any atom is -0.381 e. The van der Waals surface area contributed by atoms with E-state index in [1.807, 2.05) is 18.2 Å². The van der Waals surface area contributed by atoms with Gasteiger partial charge < -0.3 is 10.1 Å². The summed E-state index contributed by atoms with van der Waals surface area (Å²) < 4.78 is 28.7. The molecule has 1 amide bonds. The third kappa shape index (κ3) is 6.38. The van der Waals surface area contributed by atoms with Gasteiger partial charge in [0.05, 0.1) is 21.4 Å². The van der Waals surface area contributed by atoms with Crippen molar-refractivity contribution in [2.45, 2.75) is 24.7 Å². The topological polar surface area (TPSA) is 85.4 Å². The van der Waals surface area contributed by atoms with Gasteiger partial charge >= 0.3 is 0 Å². The highest BCUT2D eigenvalue weighted by Crippen LogP contribution is 2.29. The molecule has 1 aromatic heterocycles. The predicted octanol–water partition coefficient (Wildman–Crippen LogP) is 5.24. The zero-order valence-electron chi connectivity index (χ0n) is 17.8. The van der Waals surface area contributed by atoms with Crippen molar-refractivity contribution in [2.24, 2.45) is 0 Å². The number of nitrogens with one attached hydrogen (secondary N) is 1. The maximum Gasteiger partial charge on any atom is 0.255 e. The molecule has 0 radical (unpaired) electrons. The zero-order chi connectivity index (χ0) is 23.0. The normalized spacial score (nSPS) is 13.2. The monoisotopic (exact) mass is 472 g/mol. The minimum atomic E-state index is -3.29. The van der Waals surface area contributed by atoms with Gasteiger partial charge in [-0.25, -0.2) is 8.42 Å². The fourth-order valence-electron chi connectivity index (χ4n) is 3.02. The maximum atomic E-state index is 12.5. The van der Waals surface area contributed by atoms with Gasteiger partial charge in [0.15, 0.2) is 9.84 Å². The van der Waals surface area contributed by atoms with Crippen molar-refractivity contribution >= 4 is 33.0 Å². The summed E-state index contributed by atoms with van der Waals surface area (Å²) in [5.41, 5.74) is 2.34. The first-order valence-electron chi connectivity index (χ1n) is 10.3. The number of nitrogens with zero attached hydrogens (tertiary/aromatic N) is 1. The molecule has 1 fully saturated rings. The van der Waals surface area contributed by atoms with E-state index in [-0.39, 0.29) is 16.6 Å². The average Bonchev–Trinajstić information content (AvgIpc) is 3.41. The lowest BCUT2D eigenvalue weighted by Gasteiger charge is -2.09. The number of amides is 1. The molecule has 1 N–H and O–H groups in total. The first kappa shape index (κ1) is 23.9. The number of anilines is 1. The van der Waals surface area contributed by atoms with E-state index in [0.29, 0.717) is 27.5 Å². The van der Waals surface area contributed by atoms with Crippen LogP contribution in [0.3, 0.4) is 0 Å². The third-order valence-electron chi connectivity index (χ3n) is 4.85. The Bertz CT molecular complexity index is 1140. The molecule has 1 aliphatic heterocycles. The van der Waals surface area contributed by atoms with Gasteiger partial charge in [0, 0.05) is 36.2 Å². The number of halogens is 1. The average molecular weight is 473 g/mol. The van der Waals surface area contributed by atoms with E-state index in [9.17, 15) is 13.2 Å². The van der Waals surface area contributed by atoms with Gasteiger partial charge in [-0.1, -0.05) is 24.6 Å². The van der Waals surface area contributed by atoms with Crippen LogP contribution >= 0.6 is 11.6 Å². The Morgan fingerprint density at radius 3 is 2.34 bits per heavy atom. The third-order valence-corrected chi connectivity index (χ3v) is 6.93. The first-order valence-corrected chi connectivity index (χ1v) is 12.4. The van der Waals surface area contributed by atoms with Crippen molar-refractivity contribution in [3.63, 3.8) is 0 Å². The van der Waals surface area contributed by atoms with Crippen LogP contribution in [-0.4, -0.2) is 38.3 Å². The molecule has 32 heavy (non-hydrogen) atoms. The van der Waals surface area contributed by atoms with E-state index in [1.165, 1.54) is 37.1 Å². The molecular weight excluding hydrogens is 448 g/mol. The quantitative estimate of drug-likeness (QED) is 0.548. The molecule has 0 saturated carbocycles. The summed E-state index contributed by atoms with van der Waals surface area (Å²) in [4.78, 5) is 16.9. The predicted molar refractivity (Wildman–Crippen MR) is 127 cm³/mol. The van der Waals surface area contributed by atoms with E-state index >= 15 is 0 Å². The molecule has 8 heteroatoms. The molecule has 0 aliphatic carbocycles. The lowest BCUT2D eigenvalue weighted by Crippen LogP contribution is -2.12. The Morgan fingerprint density at radius 1 is 1.06 bits per heavy atom. The van der Waals surface area contributed by atoms with Crippen molar-refractivity contribution < 1.29 is 17.9 Å². The largest absolute Gasteiger partial charge is 0.381 e. The number of rotatable bonds is 5. The maximum absolute atomic E-state index is 12.5. The van der Waals surface area contributed by atoms with Gasteiger partial charge in [0.25, 0.3) is 5.91 Å². The summed E-state index contributed by atoms with van der Waals surface area (Å²) in [7, 11) is -3.29. The highest BCUT2D eigenvalue weighted by atomic mass is 35.5. The van der Waals surface area contributed by atoms with E-state index in [2.05, 4.69) is 10.3 Å². The Hall–Kier alpha value is -2.74. The minimum absolute atomic E-state index is 0.0135. The van der Waals surface area contributed by atoms with Gasteiger partial charge in [-0.05, 0) is 67.4 Å². The summed E-state index contributed by atoms with van der Waals surface area (Å²) in [5.74, 6) is -0.329. The van der Waals surface area contributed by atoms with E-state index in [4.69, 9.17) is 16.3 Å². The first-order chi connectivity index (χ1) is 15.4. The molecule has 2 heterocycles. The summed E-state index contributed by atoms with van der Waals surface area (Å²) in [6, 6.07) is 16.5. The van der Waals surface area contributed by atoms with Crippen molar-refractivity contribution in [1.29, 1.82) is 0 Å². The number of benzene rings is 2. The molecule has 0 bridgehead atoms. The van der Waals surface area contributed by atoms with Crippen LogP contribution in [0, 0.1) is 0 Å². The molecule has 6 nitrogen and oxygen atoms in total. The number of carbonyl (C=O) groups excluding carboxylic acids is 1. The SMILES string of the molecule is C1CCOC1.CCS(=O)(=O)c1ccc(C(=O)Nc2ccc(Cl)c(-c3ccccn3)c2)cc1. The zero-order valence-corrected chi connectivity index (χ0v) is 19.3. The van der Waals surface area contributed by atoms with E-state index in [1.54, 1.807) is 31.3 Å². The summed E-state index contributed by atoms with van der Waals surface area (Å²) in [6.45, 7) is 3.58. The molecule has 168 valence electrons. The fourth-order valence-corrected chi connectivity index (χ4v) is 4.11. The molecule has 0 spiro atoms. The van der Waals surface area contributed by atoms with Crippen molar-refractivity contribution in [3.8, 4) is 11.3 Å². The fraction of sp³-hybridized carbons (Fsp3) is 0.250. The lowest BCUT2D eigenvalue weighted by molar-refractivity contribution is 0.102. The van der Waals surface area contributed by atoms with Crippen LogP contribution in [0.1, 0.15) is 30.1 Å². The highest BCUT2D eigenvalue weighted by Gasteiger charge is 2.14. The smallest absolute Gasteiger partial charge is 0.255 e. The number of sulfone groups is 1. The number of ether oxygens (including phenoxy) is 1. The standard InChI is InChI=1S/C20H17ClN2O3S.C4H8O/c1-2-27(25,26)16-9-6-14(7-10-16)20(24)23-15-8-11-18(21)17(13-15)19-5-3-4-12-22-19;1-2-4-5-3-1/h3-13H,2H2,1H3,(H,23,24);1-4H2. The summed E-state index contributed by atoms with van der Waals surface area (Å²) in [5, 5.41) is 3.32. The second-order valence-electron chi connectivity index (χ2n) is 7.11. The van der Waals surface area contributed by atoms with Crippen molar-refractivity contribution in [3.05, 3.63) is 77.4 Å². The van der Waals surface area contributed by atoms with Crippen LogP contribution in [0.2, 0.25) is 5.02 Å². The van der Waals surface area contributed by atoms with Gasteiger partial charge in [-0.15, -0.1) is 0 Å². The number of aromatic nitrogens is 1. The molecule has 4 rings (SSSR count). The second-order valence-corrected chi connectivity index (χ2v) is 9.80. The van der Waals surface area contributed by atoms with E-state index < -0.39 is 9.84 Å². The molecule has 3 aromatic rings. The lowest BCUT2D eigenvalue weighted by atomic mass is 10.1. The number of carbonyl (C=O) groups is 1. The Balaban J connectivity index is 0.000000509. The molecule has 2 aromatic carbocycles. The summed E-state index contributed by atoms with van der Waals surface area (Å²) >= 11 is 6.25. The van der Waals surface area contributed by atoms with E-state index in [0.717, 1.165) is 13.2 Å². The van der Waals surface area contributed by atoms with Crippen molar-refractivity contribution in [1.82, 2.24) is 4.98 Å². The second kappa shape index (κ2) is 11.2. The van der Waals surface area contributed by atoms with Gasteiger partial charge in [-0.2, -0.15) is 0 Å². The van der Waals surface area contributed by atoms with Gasteiger partial charge in [0.1, 0.15) is 0 Å². The van der Waals surface area contributed by atoms with Crippen molar-refractivity contribution in [2.75, 3.05) is 24.3 Å². The highest BCUT2D eigenvalue weighted by molar-refractivity contribution is 7.91. The molecule has 1 saturated heterocycles. The number of hydrogen-bond donors (Lipinski definition) is 1. The molecule has 1 aliphatic rings. The van der Waals surface area contributed by atoms with Crippen LogP contribution < -0.4 is 5.32 Å².